The Morgan fingerprint density at radius 1 is 1.33 bits per heavy atom. The van der Waals surface area contributed by atoms with Crippen molar-refractivity contribution >= 4 is 53.7 Å². The number of nitrogens with two attached hydrogens (primary N) is 1. The molecule has 3 heterocycles. The third-order valence-electron chi connectivity index (χ3n) is 5.13. The first kappa shape index (κ1) is 33.5. The van der Waals surface area contributed by atoms with E-state index >= 15 is 0 Å². The molecule has 1 unspecified atom stereocenters. The average molecular weight is 612 g/mol. The minimum atomic E-state index is -4.88. The molecular weight excluding hydrogens is 585 g/mol. The molecule has 10 nitrogen and oxygen atoms in total. The number of ether oxygens (including phenoxy) is 2. The molecule has 1 aromatic heterocycles. The number of aromatic nitrogens is 1. The van der Waals surface area contributed by atoms with Crippen molar-refractivity contribution in [2.24, 2.45) is 20.7 Å². The van der Waals surface area contributed by atoms with Gasteiger partial charge in [0.15, 0.2) is 5.84 Å². The molecule has 42 heavy (non-hydrogen) atoms. The summed E-state index contributed by atoms with van der Waals surface area (Å²) < 4.78 is 72.7. The van der Waals surface area contributed by atoms with E-state index in [1.54, 1.807) is 26.0 Å². The standard InChI is InChI=1S/C25H23F5N6O2S.CH3NO/c1-5-18(32-8-14(3)38-25(28,29)30)20-11-35-23(24(39)36-20)34-10-15-9-31-13(2)6-16(15)17-7-19(22(26)27)33-12-21(17)37-4;2-1-3/h5-12,20,22,33H,3H2,1-2,4H3,(H,36,39);1H,(H2,2,3)/b15-10-,17-16+,18-5-,32-8?,34-23?;. The lowest BCUT2D eigenvalue weighted by Crippen LogP contribution is -2.43. The molecule has 0 aromatic carbocycles. The fourth-order valence-corrected chi connectivity index (χ4v) is 3.61. The molecule has 224 valence electrons. The van der Waals surface area contributed by atoms with E-state index in [-0.39, 0.29) is 22.9 Å². The number of aliphatic imine (C=N–C) groups is 3. The van der Waals surface area contributed by atoms with Crippen LogP contribution in [0.1, 0.15) is 12.6 Å². The van der Waals surface area contributed by atoms with E-state index in [1.807, 2.05) is 0 Å². The Morgan fingerprint density at radius 2 is 2.02 bits per heavy atom. The molecule has 1 atom stereocenters. The summed E-state index contributed by atoms with van der Waals surface area (Å²) in [5, 5.41) is 6.50. The number of primary amides is 1. The number of amides is 1. The maximum Gasteiger partial charge on any atom is 0.573 e. The van der Waals surface area contributed by atoms with Crippen LogP contribution in [0.4, 0.5) is 22.0 Å². The van der Waals surface area contributed by atoms with Crippen molar-refractivity contribution in [2.45, 2.75) is 32.7 Å². The fourth-order valence-electron chi connectivity index (χ4n) is 3.38. The molecule has 1 aromatic rings. The Bertz CT molecular complexity index is 1510. The van der Waals surface area contributed by atoms with Gasteiger partial charge in [-0.25, -0.2) is 18.8 Å². The second kappa shape index (κ2) is 15.3. The van der Waals surface area contributed by atoms with Crippen molar-refractivity contribution < 1.29 is 36.2 Å². The van der Waals surface area contributed by atoms with Crippen molar-refractivity contribution in [3.8, 4) is 0 Å². The molecule has 4 N–H and O–H groups in total. The first-order valence-corrected chi connectivity index (χ1v) is 12.1. The number of hydrogen-bond donors (Lipinski definition) is 3. The van der Waals surface area contributed by atoms with Crippen LogP contribution in [0.15, 0.2) is 75.1 Å². The molecule has 0 saturated heterocycles. The molecule has 0 fully saturated rings. The van der Waals surface area contributed by atoms with Gasteiger partial charge in [-0.1, -0.05) is 24.9 Å². The molecule has 3 rings (SSSR count). The number of pyridine rings is 1. The van der Waals surface area contributed by atoms with Gasteiger partial charge >= 0.3 is 6.36 Å². The van der Waals surface area contributed by atoms with E-state index in [1.165, 1.54) is 38.0 Å². The zero-order chi connectivity index (χ0) is 31.4. The van der Waals surface area contributed by atoms with E-state index in [4.69, 9.17) is 21.7 Å². The number of halogens is 5. The summed E-state index contributed by atoms with van der Waals surface area (Å²) in [6.45, 7) is 6.55. The van der Waals surface area contributed by atoms with Gasteiger partial charge in [0.1, 0.15) is 22.5 Å². The smallest absolute Gasteiger partial charge is 0.495 e. The molecule has 2 aliphatic heterocycles. The average Bonchev–Trinajstić information content (AvgIpc) is 2.92. The van der Waals surface area contributed by atoms with Crippen molar-refractivity contribution in [3.63, 3.8) is 0 Å². The van der Waals surface area contributed by atoms with E-state index in [0.29, 0.717) is 33.2 Å². The van der Waals surface area contributed by atoms with Crippen LogP contribution in [-0.4, -0.2) is 60.6 Å². The Labute approximate surface area is 242 Å². The number of nitrogens with zero attached hydrogens (tertiary/aromatic N) is 4. The molecule has 0 saturated carbocycles. The summed E-state index contributed by atoms with van der Waals surface area (Å²) in [5.41, 5.74) is 5.23. The third kappa shape index (κ3) is 9.72. The lowest BCUT2D eigenvalue weighted by molar-refractivity contribution is -0.301. The van der Waals surface area contributed by atoms with Gasteiger partial charge in [-0.15, -0.1) is 13.2 Å². The van der Waals surface area contributed by atoms with Gasteiger partial charge in [-0.3, -0.25) is 14.8 Å². The zero-order valence-electron chi connectivity index (χ0n) is 22.4. The molecule has 16 heteroatoms. The number of dihydropyridines is 1. The molecule has 2 aliphatic rings. The van der Waals surface area contributed by atoms with Gasteiger partial charge < -0.3 is 25.8 Å². The number of nitrogens with one attached hydrogen (secondary N) is 2. The predicted molar refractivity (Wildman–Crippen MR) is 153 cm³/mol. The number of alkyl halides is 5. The number of hydrogen-bond acceptors (Lipinski definition) is 8. The monoisotopic (exact) mass is 611 g/mol. The van der Waals surface area contributed by atoms with Crippen LogP contribution in [0.3, 0.4) is 0 Å². The molecular formula is C26H26F5N7O3S. The minimum absolute atomic E-state index is 0.138. The van der Waals surface area contributed by atoms with Crippen molar-refractivity contribution in [3.05, 3.63) is 76.2 Å². The van der Waals surface area contributed by atoms with Crippen LogP contribution in [0, 0.1) is 6.92 Å². The molecule has 0 spiro atoms. The van der Waals surface area contributed by atoms with E-state index in [9.17, 15) is 22.0 Å². The van der Waals surface area contributed by atoms with Crippen molar-refractivity contribution in [1.82, 2.24) is 15.6 Å². The zero-order valence-corrected chi connectivity index (χ0v) is 23.3. The fraction of sp³-hybridized carbons (Fsp3) is 0.231. The van der Waals surface area contributed by atoms with E-state index in [0.717, 1.165) is 6.21 Å². The number of aryl methyl sites for hydroxylation is 1. The number of allylic oxidation sites excluding steroid dienone is 4. The maximum absolute atomic E-state index is 13.4. The minimum Gasteiger partial charge on any atom is -0.495 e. The van der Waals surface area contributed by atoms with Crippen LogP contribution in [0.5, 0.6) is 0 Å². The summed E-state index contributed by atoms with van der Waals surface area (Å²) in [6.07, 6.45) is 2.08. The summed E-state index contributed by atoms with van der Waals surface area (Å²) in [4.78, 5) is 25.5. The summed E-state index contributed by atoms with van der Waals surface area (Å²) in [7, 11) is 1.42. The first-order valence-electron chi connectivity index (χ1n) is 11.7. The summed E-state index contributed by atoms with van der Waals surface area (Å²) in [5.74, 6) is -0.213. The summed E-state index contributed by atoms with van der Waals surface area (Å²) >= 11 is 5.36. The number of amidine groups is 1. The number of rotatable bonds is 7. The lowest BCUT2D eigenvalue weighted by Gasteiger charge is -2.20. The number of thiocarbonyl (C=S) groups is 1. The van der Waals surface area contributed by atoms with Gasteiger partial charge in [-0.05, 0) is 31.2 Å². The highest BCUT2D eigenvalue weighted by molar-refractivity contribution is 7.82. The largest absolute Gasteiger partial charge is 0.573 e. The molecule has 0 aliphatic carbocycles. The second-order valence-electron chi connectivity index (χ2n) is 8.02. The summed E-state index contributed by atoms with van der Waals surface area (Å²) in [6, 6.07) is 1.06. The quantitative estimate of drug-likeness (QED) is 0.142. The van der Waals surface area contributed by atoms with Crippen LogP contribution < -0.4 is 26.8 Å². The van der Waals surface area contributed by atoms with Crippen molar-refractivity contribution in [1.29, 1.82) is 0 Å². The van der Waals surface area contributed by atoms with Crippen LogP contribution in [-0.2, 0) is 14.3 Å². The van der Waals surface area contributed by atoms with Crippen LogP contribution >= 0.6 is 12.2 Å². The highest BCUT2D eigenvalue weighted by Gasteiger charge is 2.31. The third-order valence-corrected chi connectivity index (χ3v) is 5.43. The number of carbonyl (C=O) groups excluding carboxylic acids is 1. The van der Waals surface area contributed by atoms with Gasteiger partial charge in [0.2, 0.25) is 6.41 Å². The molecule has 1 amide bonds. The normalized spacial score (nSPS) is 19.9. The van der Waals surface area contributed by atoms with Crippen molar-refractivity contribution in [2.75, 3.05) is 7.11 Å². The van der Waals surface area contributed by atoms with E-state index in [2.05, 4.69) is 47.6 Å². The topological polar surface area (TPSA) is 136 Å². The van der Waals surface area contributed by atoms with E-state index < -0.39 is 24.6 Å². The molecule has 0 bridgehead atoms. The number of methoxy groups -OCH3 is 1. The van der Waals surface area contributed by atoms with Gasteiger partial charge in [0, 0.05) is 41.3 Å². The lowest BCUT2D eigenvalue weighted by atomic mass is 10.1. The highest BCUT2D eigenvalue weighted by atomic mass is 32.1. The first-order chi connectivity index (χ1) is 19.8. The van der Waals surface area contributed by atoms with Crippen LogP contribution in [0.2, 0.25) is 0 Å². The Balaban J connectivity index is 0.00000197. The van der Waals surface area contributed by atoms with Crippen LogP contribution in [0.25, 0.3) is 11.8 Å². The van der Waals surface area contributed by atoms with Gasteiger partial charge in [0.05, 0.1) is 24.7 Å². The van der Waals surface area contributed by atoms with Gasteiger partial charge in [-0.2, -0.15) is 0 Å². The Hall–Kier alpha value is -4.73. The van der Waals surface area contributed by atoms with Gasteiger partial charge in [0.25, 0.3) is 6.43 Å². The Morgan fingerprint density at radius 3 is 2.60 bits per heavy atom. The highest BCUT2D eigenvalue weighted by Crippen LogP contribution is 2.21. The predicted octanol–water partition coefficient (Wildman–Crippen LogP) is 2.41. The second-order valence-corrected chi connectivity index (χ2v) is 8.43. The number of carbonyl (C=O) groups is 1. The SMILES string of the molecule is C=C(C=N/C(=C\C)C1C=NC(=N/C=c2/cnc(C)c/c2=C2/C=C(C(F)F)NC=C2OC)C(=S)N1)OC(F)(F)F.NC=O. The molecule has 0 radical (unpaired) electrons. The maximum atomic E-state index is 13.4. The Kier molecular flexibility index (Phi) is 12.2.